The maximum atomic E-state index is 11.7. The molecule has 0 spiro atoms. The first kappa shape index (κ1) is 10.3. The van der Waals surface area contributed by atoms with Gasteiger partial charge in [-0.3, -0.25) is 0 Å². The maximum Gasteiger partial charge on any atom is 0.338 e. The highest BCUT2D eigenvalue weighted by atomic mass is 32.2. The van der Waals surface area contributed by atoms with Gasteiger partial charge in [0.2, 0.25) is 0 Å². The van der Waals surface area contributed by atoms with E-state index in [1.165, 1.54) is 0 Å². The van der Waals surface area contributed by atoms with E-state index in [9.17, 15) is 4.79 Å². The molecule has 0 unspecified atom stereocenters. The van der Waals surface area contributed by atoms with Gasteiger partial charge in [0, 0.05) is 16.2 Å². The van der Waals surface area contributed by atoms with E-state index < -0.39 is 0 Å². The maximum absolute atomic E-state index is 11.7. The number of ether oxygens (including phenoxy) is 1. The molecule has 0 fully saturated rings. The molecule has 3 heteroatoms. The Morgan fingerprint density at radius 1 is 1.47 bits per heavy atom. The van der Waals surface area contributed by atoms with Gasteiger partial charge in [-0.05, 0) is 13.0 Å². The summed E-state index contributed by atoms with van der Waals surface area (Å²) in [6.07, 6.45) is 1.94. The van der Waals surface area contributed by atoms with Crippen LogP contribution in [0.3, 0.4) is 0 Å². The Hall–Kier alpha value is -1.22. The highest BCUT2D eigenvalue weighted by molar-refractivity contribution is 7.99. The van der Waals surface area contributed by atoms with E-state index in [1.807, 2.05) is 37.3 Å². The summed E-state index contributed by atoms with van der Waals surface area (Å²) in [7, 11) is 0. The first-order valence-corrected chi connectivity index (χ1v) is 5.91. The molecule has 0 N–H and O–H groups in total. The fourth-order valence-electron chi connectivity index (χ4n) is 1.54. The lowest BCUT2D eigenvalue weighted by atomic mass is 10.1. The molecule has 1 aromatic carbocycles. The normalized spacial score (nSPS) is 14.1. The van der Waals surface area contributed by atoms with E-state index >= 15 is 0 Å². The van der Waals surface area contributed by atoms with Crippen LogP contribution in [0.15, 0.2) is 35.2 Å². The molecule has 0 radical (unpaired) electrons. The number of carbonyl (C=O) groups excluding carboxylic acids is 1. The van der Waals surface area contributed by atoms with Crippen LogP contribution in [0.2, 0.25) is 0 Å². The average Bonchev–Trinajstić information content (AvgIpc) is 2.28. The Balaban J connectivity index is 2.34. The zero-order chi connectivity index (χ0) is 10.7. The molecule has 2 nitrogen and oxygen atoms in total. The van der Waals surface area contributed by atoms with Gasteiger partial charge in [0.05, 0.1) is 12.2 Å². The zero-order valence-electron chi connectivity index (χ0n) is 8.53. The lowest BCUT2D eigenvalue weighted by Crippen LogP contribution is -2.09. The molecule has 78 valence electrons. The summed E-state index contributed by atoms with van der Waals surface area (Å²) in [4.78, 5) is 12.8. The lowest BCUT2D eigenvalue weighted by molar-refractivity contribution is -0.136. The molecule has 15 heavy (non-hydrogen) atoms. The van der Waals surface area contributed by atoms with Crippen molar-refractivity contribution in [1.29, 1.82) is 0 Å². The summed E-state index contributed by atoms with van der Waals surface area (Å²) in [5.74, 6) is 0.621. The third kappa shape index (κ3) is 2.07. The van der Waals surface area contributed by atoms with E-state index in [0.29, 0.717) is 12.2 Å². The number of carbonyl (C=O) groups is 1. The molecule has 1 aliphatic rings. The number of esters is 1. The Morgan fingerprint density at radius 3 is 3.07 bits per heavy atom. The summed E-state index contributed by atoms with van der Waals surface area (Å²) >= 11 is 1.74. The standard InChI is InChI=1S/C12H12O2S/c1-2-14-12(13)10-7-8-15-11-6-4-3-5-9(10)11/h3-7H,2,8H2,1H3. The van der Waals surface area contributed by atoms with Crippen molar-refractivity contribution < 1.29 is 9.53 Å². The summed E-state index contributed by atoms with van der Waals surface area (Å²) < 4.78 is 5.02. The molecular formula is C12H12O2S. The molecule has 0 aromatic heterocycles. The van der Waals surface area contributed by atoms with Crippen LogP contribution in [0.4, 0.5) is 0 Å². The Bertz CT molecular complexity index is 410. The van der Waals surface area contributed by atoms with E-state index in [0.717, 1.165) is 16.2 Å². The molecule has 0 saturated carbocycles. The Kier molecular flexibility index (Phi) is 3.11. The number of benzene rings is 1. The molecule has 1 heterocycles. The minimum absolute atomic E-state index is 0.217. The molecule has 1 aliphatic heterocycles. The number of hydrogen-bond acceptors (Lipinski definition) is 3. The predicted octanol–water partition coefficient (Wildman–Crippen LogP) is 2.74. The smallest absolute Gasteiger partial charge is 0.338 e. The third-order valence-corrected chi connectivity index (χ3v) is 3.20. The van der Waals surface area contributed by atoms with E-state index in [4.69, 9.17) is 4.74 Å². The van der Waals surface area contributed by atoms with Crippen molar-refractivity contribution >= 4 is 23.3 Å². The molecule has 2 rings (SSSR count). The van der Waals surface area contributed by atoms with Gasteiger partial charge in [-0.15, -0.1) is 11.8 Å². The first-order valence-electron chi connectivity index (χ1n) is 4.92. The van der Waals surface area contributed by atoms with Crippen LogP contribution in [0.1, 0.15) is 12.5 Å². The van der Waals surface area contributed by atoms with Gasteiger partial charge in [-0.25, -0.2) is 4.79 Å². The highest BCUT2D eigenvalue weighted by Gasteiger charge is 2.19. The molecule has 0 bridgehead atoms. The Labute approximate surface area is 93.3 Å². The lowest BCUT2D eigenvalue weighted by Gasteiger charge is -2.15. The predicted molar refractivity (Wildman–Crippen MR) is 61.8 cm³/mol. The van der Waals surface area contributed by atoms with Crippen LogP contribution in [-0.2, 0) is 9.53 Å². The second-order valence-electron chi connectivity index (χ2n) is 3.15. The van der Waals surface area contributed by atoms with Gasteiger partial charge in [0.1, 0.15) is 0 Å². The van der Waals surface area contributed by atoms with Crippen molar-refractivity contribution in [3.63, 3.8) is 0 Å². The van der Waals surface area contributed by atoms with Crippen LogP contribution in [0.25, 0.3) is 5.57 Å². The summed E-state index contributed by atoms with van der Waals surface area (Å²) in [5.41, 5.74) is 1.69. The molecule has 1 aromatic rings. The van der Waals surface area contributed by atoms with Crippen LogP contribution >= 0.6 is 11.8 Å². The van der Waals surface area contributed by atoms with Crippen molar-refractivity contribution in [1.82, 2.24) is 0 Å². The van der Waals surface area contributed by atoms with Crippen LogP contribution in [-0.4, -0.2) is 18.3 Å². The van der Waals surface area contributed by atoms with Crippen LogP contribution in [0.5, 0.6) is 0 Å². The van der Waals surface area contributed by atoms with Crippen molar-refractivity contribution in [2.75, 3.05) is 12.4 Å². The minimum atomic E-state index is -0.217. The second kappa shape index (κ2) is 4.53. The topological polar surface area (TPSA) is 26.3 Å². The first-order chi connectivity index (χ1) is 7.33. The highest BCUT2D eigenvalue weighted by Crippen LogP contribution is 2.33. The minimum Gasteiger partial charge on any atom is -0.462 e. The third-order valence-electron chi connectivity index (χ3n) is 2.20. The fourth-order valence-corrected chi connectivity index (χ4v) is 2.48. The largest absolute Gasteiger partial charge is 0.462 e. The molecular weight excluding hydrogens is 208 g/mol. The van der Waals surface area contributed by atoms with Gasteiger partial charge in [-0.2, -0.15) is 0 Å². The number of thioether (sulfide) groups is 1. The van der Waals surface area contributed by atoms with Crippen molar-refractivity contribution in [3.8, 4) is 0 Å². The van der Waals surface area contributed by atoms with Gasteiger partial charge < -0.3 is 4.74 Å². The van der Waals surface area contributed by atoms with E-state index in [2.05, 4.69) is 0 Å². The molecule has 0 amide bonds. The Morgan fingerprint density at radius 2 is 2.27 bits per heavy atom. The number of hydrogen-bond donors (Lipinski definition) is 0. The van der Waals surface area contributed by atoms with Gasteiger partial charge in [0.25, 0.3) is 0 Å². The number of rotatable bonds is 2. The van der Waals surface area contributed by atoms with Crippen molar-refractivity contribution in [2.24, 2.45) is 0 Å². The van der Waals surface area contributed by atoms with Crippen molar-refractivity contribution in [2.45, 2.75) is 11.8 Å². The fraction of sp³-hybridized carbons (Fsp3) is 0.250. The van der Waals surface area contributed by atoms with Gasteiger partial charge in [0.15, 0.2) is 0 Å². The molecule has 0 saturated heterocycles. The summed E-state index contributed by atoms with van der Waals surface area (Å²) in [6, 6.07) is 7.92. The van der Waals surface area contributed by atoms with Crippen LogP contribution < -0.4 is 0 Å². The quantitative estimate of drug-likeness (QED) is 0.717. The number of fused-ring (bicyclic) bond motifs is 1. The monoisotopic (exact) mass is 220 g/mol. The molecule has 0 atom stereocenters. The van der Waals surface area contributed by atoms with Gasteiger partial charge >= 0.3 is 5.97 Å². The van der Waals surface area contributed by atoms with E-state index in [-0.39, 0.29) is 5.97 Å². The summed E-state index contributed by atoms with van der Waals surface area (Å²) in [5, 5.41) is 0. The summed E-state index contributed by atoms with van der Waals surface area (Å²) in [6.45, 7) is 2.24. The van der Waals surface area contributed by atoms with E-state index in [1.54, 1.807) is 11.8 Å². The SMILES string of the molecule is CCOC(=O)C1=CCSc2ccccc21. The second-order valence-corrected chi connectivity index (χ2v) is 4.21. The van der Waals surface area contributed by atoms with Crippen molar-refractivity contribution in [3.05, 3.63) is 35.9 Å². The van der Waals surface area contributed by atoms with Gasteiger partial charge in [-0.1, -0.05) is 24.3 Å². The average molecular weight is 220 g/mol. The molecule has 0 aliphatic carbocycles. The zero-order valence-corrected chi connectivity index (χ0v) is 9.34. The van der Waals surface area contributed by atoms with Crippen LogP contribution in [0, 0.1) is 0 Å².